The Hall–Kier alpha value is -3.58. The number of carboxylic acids is 1. The van der Waals surface area contributed by atoms with E-state index in [1.165, 1.54) is 22.3 Å². The molecule has 7 nitrogen and oxygen atoms in total. The van der Waals surface area contributed by atoms with Gasteiger partial charge < -0.3 is 24.8 Å². The van der Waals surface area contributed by atoms with E-state index in [1.807, 2.05) is 24.4 Å². The predicted octanol–water partition coefficient (Wildman–Crippen LogP) is 4.76. The number of fused-ring (bicyclic) bond motifs is 1. The van der Waals surface area contributed by atoms with Crippen molar-refractivity contribution in [2.45, 2.75) is 32.7 Å². The van der Waals surface area contributed by atoms with Crippen molar-refractivity contribution in [2.24, 2.45) is 0 Å². The summed E-state index contributed by atoms with van der Waals surface area (Å²) in [5, 5.41) is 12.6. The molecule has 2 aliphatic rings. The maximum Gasteiger partial charge on any atom is 0.304 e. The van der Waals surface area contributed by atoms with Gasteiger partial charge in [0.25, 0.3) is 0 Å². The van der Waals surface area contributed by atoms with E-state index < -0.39 is 5.97 Å². The molecule has 0 aliphatic carbocycles. The van der Waals surface area contributed by atoms with Crippen molar-refractivity contribution in [3.05, 3.63) is 70.9 Å². The number of nitrogens with one attached hydrogen (secondary N) is 1. The molecule has 2 aromatic carbocycles. The number of carbonyl (C=O) groups is 1. The highest BCUT2D eigenvalue weighted by atomic mass is 16.5. The minimum atomic E-state index is -0.801. The lowest BCUT2D eigenvalue weighted by atomic mass is 9.93. The van der Waals surface area contributed by atoms with Gasteiger partial charge in [0.2, 0.25) is 0 Å². The molecule has 1 unspecified atom stereocenters. The topological polar surface area (TPSA) is 83.9 Å². The largest absolute Gasteiger partial charge is 0.493 e. The zero-order valence-electron chi connectivity index (χ0n) is 20.2. The lowest BCUT2D eigenvalue weighted by Crippen LogP contribution is -2.36. The van der Waals surface area contributed by atoms with Gasteiger partial charge in [0.1, 0.15) is 11.6 Å². The molecule has 0 spiro atoms. The van der Waals surface area contributed by atoms with Crippen LogP contribution in [0.15, 0.2) is 48.7 Å². The molecule has 3 heterocycles. The van der Waals surface area contributed by atoms with E-state index >= 15 is 0 Å². The first kappa shape index (κ1) is 23.2. The number of aromatic nitrogens is 1. The van der Waals surface area contributed by atoms with Crippen LogP contribution in [0.1, 0.15) is 34.6 Å². The molecular weight excluding hydrogens is 442 g/mol. The Labute approximate surface area is 205 Å². The van der Waals surface area contributed by atoms with Crippen LogP contribution in [0.4, 0.5) is 11.5 Å². The fraction of sp³-hybridized carbons (Fsp3) is 0.357. The van der Waals surface area contributed by atoms with Crippen LogP contribution >= 0.6 is 0 Å². The van der Waals surface area contributed by atoms with Crippen molar-refractivity contribution in [1.29, 1.82) is 0 Å². The SMILES string of the molecule is Cc1ccc(CNc2ccc3c(c2)OCC3CC(=O)O)c(C)c1-c1ccc(N2CCOCC2)nc1. The Bertz CT molecular complexity index is 1220. The van der Waals surface area contributed by atoms with E-state index in [9.17, 15) is 4.79 Å². The molecule has 0 saturated carbocycles. The van der Waals surface area contributed by atoms with Gasteiger partial charge in [-0.15, -0.1) is 0 Å². The van der Waals surface area contributed by atoms with E-state index in [0.717, 1.165) is 54.7 Å². The number of benzene rings is 2. The molecule has 5 rings (SSSR count). The maximum atomic E-state index is 11.1. The van der Waals surface area contributed by atoms with Crippen molar-refractivity contribution < 1.29 is 19.4 Å². The highest BCUT2D eigenvalue weighted by Crippen LogP contribution is 2.38. The molecular formula is C28H31N3O4. The normalized spacial score (nSPS) is 17.1. The molecule has 2 aliphatic heterocycles. The first-order valence-electron chi connectivity index (χ1n) is 12.1. The van der Waals surface area contributed by atoms with E-state index in [0.29, 0.717) is 13.2 Å². The van der Waals surface area contributed by atoms with Crippen molar-refractivity contribution >= 4 is 17.5 Å². The molecule has 1 atom stereocenters. The number of ether oxygens (including phenoxy) is 2. The summed E-state index contributed by atoms with van der Waals surface area (Å²) in [4.78, 5) is 18.1. The van der Waals surface area contributed by atoms with Crippen LogP contribution in [-0.4, -0.2) is 49.0 Å². The number of carboxylic acid groups (broad SMARTS) is 1. The van der Waals surface area contributed by atoms with Gasteiger partial charge in [-0.2, -0.15) is 0 Å². The van der Waals surface area contributed by atoms with Crippen LogP contribution in [0.5, 0.6) is 5.75 Å². The summed E-state index contributed by atoms with van der Waals surface area (Å²) in [6, 6.07) is 14.5. The Morgan fingerprint density at radius 2 is 1.97 bits per heavy atom. The van der Waals surface area contributed by atoms with Crippen LogP contribution in [0.3, 0.4) is 0 Å². The Morgan fingerprint density at radius 1 is 1.14 bits per heavy atom. The highest BCUT2D eigenvalue weighted by molar-refractivity contribution is 5.72. The first-order chi connectivity index (χ1) is 17.0. The monoisotopic (exact) mass is 473 g/mol. The summed E-state index contributed by atoms with van der Waals surface area (Å²) in [6.45, 7) is 8.64. The third kappa shape index (κ3) is 4.95. The zero-order chi connectivity index (χ0) is 24.4. The average molecular weight is 474 g/mol. The molecule has 35 heavy (non-hydrogen) atoms. The summed E-state index contributed by atoms with van der Waals surface area (Å²) in [5.74, 6) is 0.885. The summed E-state index contributed by atoms with van der Waals surface area (Å²) >= 11 is 0. The lowest BCUT2D eigenvalue weighted by molar-refractivity contribution is -0.137. The molecule has 3 aromatic rings. The minimum Gasteiger partial charge on any atom is -0.493 e. The van der Waals surface area contributed by atoms with Gasteiger partial charge in [-0.1, -0.05) is 18.2 Å². The lowest BCUT2D eigenvalue weighted by Gasteiger charge is -2.27. The molecule has 7 heteroatoms. The number of morpholine rings is 1. The van der Waals surface area contributed by atoms with E-state index in [2.05, 4.69) is 48.3 Å². The van der Waals surface area contributed by atoms with Crippen molar-refractivity contribution in [1.82, 2.24) is 4.98 Å². The van der Waals surface area contributed by atoms with Crippen LogP contribution < -0.4 is 15.0 Å². The van der Waals surface area contributed by atoms with Crippen molar-refractivity contribution in [3.8, 4) is 16.9 Å². The van der Waals surface area contributed by atoms with E-state index in [4.69, 9.17) is 19.6 Å². The van der Waals surface area contributed by atoms with Gasteiger partial charge in [-0.25, -0.2) is 4.98 Å². The summed E-state index contributed by atoms with van der Waals surface area (Å²) < 4.78 is 11.2. The Morgan fingerprint density at radius 3 is 2.71 bits per heavy atom. The second kappa shape index (κ2) is 9.96. The molecule has 1 aromatic heterocycles. The first-order valence-corrected chi connectivity index (χ1v) is 12.1. The van der Waals surface area contributed by atoms with Gasteiger partial charge >= 0.3 is 5.97 Å². The standard InChI is InChI=1S/C28H31N3O4/c1-18-3-4-20(15-29-23-6-7-24-22(13-27(32)33)17-35-25(24)14-23)19(2)28(18)21-5-8-26(30-16-21)31-9-11-34-12-10-31/h3-8,14,16,22,29H,9-13,15,17H2,1-2H3,(H,32,33). The zero-order valence-corrected chi connectivity index (χ0v) is 20.2. The number of nitrogens with zero attached hydrogens (tertiary/aromatic N) is 2. The number of hydrogen-bond donors (Lipinski definition) is 2. The summed E-state index contributed by atoms with van der Waals surface area (Å²) in [5.41, 5.74) is 7.94. The number of hydrogen-bond acceptors (Lipinski definition) is 6. The van der Waals surface area contributed by atoms with Crippen LogP contribution in [0, 0.1) is 13.8 Å². The smallest absolute Gasteiger partial charge is 0.304 e. The third-order valence-electron chi connectivity index (χ3n) is 6.95. The highest BCUT2D eigenvalue weighted by Gasteiger charge is 2.26. The summed E-state index contributed by atoms with van der Waals surface area (Å²) in [7, 11) is 0. The minimum absolute atomic E-state index is 0.0818. The Balaban J connectivity index is 1.31. The van der Waals surface area contributed by atoms with Crippen LogP contribution in [0.2, 0.25) is 0 Å². The van der Waals surface area contributed by atoms with Gasteiger partial charge in [-0.3, -0.25) is 4.79 Å². The van der Waals surface area contributed by atoms with Crippen molar-refractivity contribution in [3.63, 3.8) is 0 Å². The number of aliphatic carboxylic acids is 1. The fourth-order valence-corrected chi connectivity index (χ4v) is 5.00. The van der Waals surface area contributed by atoms with Crippen LogP contribution in [-0.2, 0) is 16.1 Å². The van der Waals surface area contributed by atoms with Gasteiger partial charge in [-0.05, 0) is 54.3 Å². The molecule has 0 radical (unpaired) electrons. The molecule has 0 amide bonds. The van der Waals surface area contributed by atoms with E-state index in [1.54, 1.807) is 0 Å². The molecule has 2 N–H and O–H groups in total. The second-order valence-corrected chi connectivity index (χ2v) is 9.26. The number of aryl methyl sites for hydroxylation is 1. The molecule has 1 saturated heterocycles. The third-order valence-corrected chi connectivity index (χ3v) is 6.95. The summed E-state index contributed by atoms with van der Waals surface area (Å²) in [6.07, 6.45) is 2.07. The quantitative estimate of drug-likeness (QED) is 0.512. The average Bonchev–Trinajstić information content (AvgIpc) is 3.26. The molecule has 182 valence electrons. The van der Waals surface area contributed by atoms with Crippen molar-refractivity contribution in [2.75, 3.05) is 43.1 Å². The predicted molar refractivity (Wildman–Crippen MR) is 136 cm³/mol. The Kier molecular flexibility index (Phi) is 6.59. The number of pyridine rings is 1. The number of anilines is 2. The fourth-order valence-electron chi connectivity index (χ4n) is 5.00. The van der Waals surface area contributed by atoms with Gasteiger partial charge in [0.15, 0.2) is 0 Å². The van der Waals surface area contributed by atoms with E-state index in [-0.39, 0.29) is 12.3 Å². The number of rotatable bonds is 7. The van der Waals surface area contributed by atoms with Gasteiger partial charge in [0, 0.05) is 54.6 Å². The molecule has 1 fully saturated rings. The molecule has 0 bridgehead atoms. The maximum absolute atomic E-state index is 11.1. The second-order valence-electron chi connectivity index (χ2n) is 9.26. The van der Waals surface area contributed by atoms with Gasteiger partial charge in [0.05, 0.1) is 26.2 Å². The van der Waals surface area contributed by atoms with Crippen LogP contribution in [0.25, 0.3) is 11.1 Å².